The van der Waals surface area contributed by atoms with Gasteiger partial charge in [0, 0.05) is 51.4 Å². The molecule has 2 fully saturated rings. The van der Waals surface area contributed by atoms with Gasteiger partial charge in [-0.2, -0.15) is 0 Å². The molecule has 2 aliphatic rings. The summed E-state index contributed by atoms with van der Waals surface area (Å²) >= 11 is 0. The van der Waals surface area contributed by atoms with E-state index in [0.717, 1.165) is 193 Å². The van der Waals surface area contributed by atoms with Gasteiger partial charge in [0.2, 0.25) is 12.1 Å². The number of ether oxygens (including phenoxy) is 11. The highest BCUT2D eigenvalue weighted by molar-refractivity contribution is 5.73. The van der Waals surface area contributed by atoms with Gasteiger partial charge in [0.25, 0.3) is 0 Å². The molecule has 0 saturated carbocycles. The Labute approximate surface area is 574 Å². The molecule has 0 unspecified atom stereocenters. The summed E-state index contributed by atoms with van der Waals surface area (Å²) in [5, 5.41) is 0. The molecule has 0 N–H and O–H groups in total. The summed E-state index contributed by atoms with van der Waals surface area (Å²) < 4.78 is 71.6. The van der Waals surface area contributed by atoms with E-state index >= 15 is 0 Å². The molecular weight excluding hydrogens is 1220 g/mol. The number of unbranched alkanes of at least 4 members (excludes halogenated alkanes) is 32. The Morgan fingerprint density at radius 3 is 0.874 bits per heavy atom. The van der Waals surface area contributed by atoms with Crippen LogP contribution in [0.25, 0.3) is 0 Å². The minimum absolute atomic E-state index is 0.00958. The third kappa shape index (κ3) is 39.7. The highest BCUT2D eigenvalue weighted by Gasteiger charge is 2.65. The summed E-state index contributed by atoms with van der Waals surface area (Å²) in [6.07, 6.45) is 19.5. The van der Waals surface area contributed by atoms with E-state index in [1.54, 1.807) is 0 Å². The van der Waals surface area contributed by atoms with Crippen LogP contribution in [0, 0.1) is 0 Å². The molecular formula is C76H134O19. The first-order chi connectivity index (χ1) is 46.1. The summed E-state index contributed by atoms with van der Waals surface area (Å²) in [6, 6.07) is 0. The van der Waals surface area contributed by atoms with Crippen LogP contribution in [0.4, 0.5) is 0 Å². The normalized spacial score (nSPS) is 20.8. The Bertz CT molecular complexity index is 2030. The van der Waals surface area contributed by atoms with Gasteiger partial charge in [-0.25, -0.2) is 0 Å². The van der Waals surface area contributed by atoms with E-state index in [1.165, 1.54) is 0 Å². The molecule has 0 amide bonds. The molecule has 0 aromatic rings. The molecule has 2 rings (SSSR count). The highest BCUT2D eigenvalue weighted by atomic mass is 16.8. The predicted octanol–water partition coefficient (Wildman–Crippen LogP) is 17.9. The summed E-state index contributed by atoms with van der Waals surface area (Å²) in [4.78, 5) is 114. The lowest BCUT2D eigenvalue weighted by atomic mass is 9.97. The van der Waals surface area contributed by atoms with E-state index in [4.69, 9.17) is 52.1 Å². The van der Waals surface area contributed by atoms with Gasteiger partial charge in [0.15, 0.2) is 30.5 Å². The number of carbonyl (C=O) groups is 8. The van der Waals surface area contributed by atoms with Crippen molar-refractivity contribution >= 4 is 47.8 Å². The Morgan fingerprint density at radius 1 is 0.274 bits per heavy atom. The minimum Gasteiger partial charge on any atom is -0.463 e. The van der Waals surface area contributed by atoms with Gasteiger partial charge >= 0.3 is 47.8 Å². The second-order valence-electron chi connectivity index (χ2n) is 26.7. The molecule has 95 heavy (non-hydrogen) atoms. The summed E-state index contributed by atoms with van der Waals surface area (Å²) in [5.74, 6) is -7.78. The molecule has 0 aromatic heterocycles. The first-order valence-electron chi connectivity index (χ1n) is 38.6. The molecule has 0 radical (unpaired) electrons. The van der Waals surface area contributed by atoms with Crippen molar-refractivity contribution in [2.24, 2.45) is 0 Å². The molecule has 552 valence electrons. The van der Waals surface area contributed by atoms with E-state index < -0.39 is 122 Å². The first-order valence-corrected chi connectivity index (χ1v) is 38.6. The zero-order valence-corrected chi connectivity index (χ0v) is 60.9. The minimum atomic E-state index is -2.54. The maximum Gasteiger partial charge on any atom is 0.306 e. The fraction of sp³-hybridized carbons (Fsp3) is 0.895. The third-order valence-electron chi connectivity index (χ3n) is 17.8. The van der Waals surface area contributed by atoms with Crippen molar-refractivity contribution in [3.8, 4) is 0 Å². The predicted molar refractivity (Wildman–Crippen MR) is 367 cm³/mol. The van der Waals surface area contributed by atoms with E-state index in [1.807, 2.05) is 0 Å². The van der Waals surface area contributed by atoms with Crippen LogP contribution in [0.3, 0.4) is 0 Å². The number of rotatable bonds is 61. The second-order valence-corrected chi connectivity index (χ2v) is 26.7. The van der Waals surface area contributed by atoms with Crippen LogP contribution in [0.15, 0.2) is 0 Å². The van der Waals surface area contributed by atoms with Crippen molar-refractivity contribution < 1.29 is 90.5 Å². The van der Waals surface area contributed by atoms with Crippen LogP contribution in [0.5, 0.6) is 0 Å². The molecule has 19 nitrogen and oxygen atoms in total. The lowest BCUT2D eigenvalue weighted by molar-refractivity contribution is -0.384. The molecule has 2 heterocycles. The second kappa shape index (κ2) is 56.5. The molecule has 9 atom stereocenters. The molecule has 2 aliphatic heterocycles. The zero-order valence-electron chi connectivity index (χ0n) is 60.9. The van der Waals surface area contributed by atoms with Crippen molar-refractivity contribution in [1.82, 2.24) is 0 Å². The maximum atomic E-state index is 14.6. The topological polar surface area (TPSA) is 238 Å². The maximum absolute atomic E-state index is 14.6. The van der Waals surface area contributed by atoms with Crippen molar-refractivity contribution in [2.45, 2.75) is 418 Å². The van der Waals surface area contributed by atoms with Crippen molar-refractivity contribution in [3.63, 3.8) is 0 Å². The number of hydrogen-bond acceptors (Lipinski definition) is 19. The first kappa shape index (κ1) is 86.7. The highest BCUT2D eigenvalue weighted by Crippen LogP contribution is 2.42. The van der Waals surface area contributed by atoms with Gasteiger partial charge in [0.05, 0.1) is 0 Å². The quantitative estimate of drug-likeness (QED) is 0.0312. The van der Waals surface area contributed by atoms with E-state index in [2.05, 4.69) is 55.4 Å². The van der Waals surface area contributed by atoms with Crippen molar-refractivity contribution in [1.29, 1.82) is 0 Å². The summed E-state index contributed by atoms with van der Waals surface area (Å²) in [5.41, 5.74) is 0. The SMILES string of the molecule is CCCCCCCC(=O)OC[C@H]1O[C@@](COC(=O)CCCCCCC)(O[C@H]2O[C@H](COC(=O)CCCCCCC)[C@@H](OC(=O)CCCCCCC)[C@H](OC(=O)CCCCCCC)[C@H]2OC(=O)CCCCCCC)[C@@H](OC(=O)CCCCCCC)[C@@H]1OC(=O)CCCCCCC. The van der Waals surface area contributed by atoms with Gasteiger partial charge in [-0.15, -0.1) is 0 Å². The van der Waals surface area contributed by atoms with Crippen LogP contribution < -0.4 is 0 Å². The Hall–Kier alpha value is -4.36. The van der Waals surface area contributed by atoms with Crippen LogP contribution in [0.2, 0.25) is 0 Å². The summed E-state index contributed by atoms with van der Waals surface area (Å²) in [6.45, 7) is 14.8. The number of carbonyl (C=O) groups excluding carboxylic acids is 8. The van der Waals surface area contributed by atoms with Crippen molar-refractivity contribution in [2.75, 3.05) is 19.8 Å². The Kier molecular flexibility index (Phi) is 51.6. The summed E-state index contributed by atoms with van der Waals surface area (Å²) in [7, 11) is 0. The van der Waals surface area contributed by atoms with E-state index in [9.17, 15) is 38.4 Å². The fourth-order valence-corrected chi connectivity index (χ4v) is 12.0. The molecule has 0 spiro atoms. The van der Waals surface area contributed by atoms with Crippen molar-refractivity contribution in [3.05, 3.63) is 0 Å². The largest absolute Gasteiger partial charge is 0.463 e. The van der Waals surface area contributed by atoms with Crippen LogP contribution in [-0.2, 0) is 90.5 Å². The van der Waals surface area contributed by atoms with Crippen LogP contribution in [0.1, 0.15) is 364 Å². The van der Waals surface area contributed by atoms with Crippen LogP contribution in [-0.4, -0.2) is 122 Å². The lowest BCUT2D eigenvalue weighted by Gasteiger charge is -2.46. The van der Waals surface area contributed by atoms with Gasteiger partial charge in [-0.1, -0.05) is 261 Å². The fourth-order valence-electron chi connectivity index (χ4n) is 12.0. The van der Waals surface area contributed by atoms with Gasteiger partial charge in [0.1, 0.15) is 32.0 Å². The molecule has 0 aliphatic carbocycles. The molecule has 2 saturated heterocycles. The number of hydrogen-bond donors (Lipinski definition) is 0. The molecule has 19 heteroatoms. The third-order valence-corrected chi connectivity index (χ3v) is 17.8. The average Bonchev–Trinajstić information content (AvgIpc) is 1.66. The monoisotopic (exact) mass is 1350 g/mol. The molecule has 0 bridgehead atoms. The van der Waals surface area contributed by atoms with Crippen LogP contribution >= 0.6 is 0 Å². The molecule has 0 aromatic carbocycles. The van der Waals surface area contributed by atoms with E-state index in [0.29, 0.717) is 64.2 Å². The Balaban J connectivity index is 3.17. The zero-order chi connectivity index (χ0) is 69.6. The number of esters is 8. The van der Waals surface area contributed by atoms with Gasteiger partial charge in [-0.3, -0.25) is 38.4 Å². The standard InChI is InChI=1S/C76H134O19/c1-9-17-25-33-41-49-62(77)85-57-60-70(89-65(80)52-44-36-28-20-12-4)72(91-67(82)54-46-38-30-22-14-6)73(92-68(83)55-47-39-31-23-15-7)75(88-60)95-76(59-87-64(79)51-43-35-27-19-11-3)74(93-69(84)56-48-40-32-24-16-8)71(90-66(81)53-45-37-29-21-13-5)61(94-76)58-86-63(78)50-42-34-26-18-10-2/h60-61,70-75H,9-59H2,1-8H3/t60-,61-,70-,71-,72+,73-,74+,75-,76+/m1/s1. The Morgan fingerprint density at radius 2 is 0.537 bits per heavy atom. The van der Waals surface area contributed by atoms with Gasteiger partial charge in [-0.05, 0) is 51.4 Å². The average molecular weight is 1350 g/mol. The lowest BCUT2D eigenvalue weighted by Crippen LogP contribution is -2.66. The van der Waals surface area contributed by atoms with Gasteiger partial charge < -0.3 is 52.1 Å². The van der Waals surface area contributed by atoms with E-state index in [-0.39, 0.29) is 51.4 Å². The smallest absolute Gasteiger partial charge is 0.306 e.